The van der Waals surface area contributed by atoms with Crippen molar-refractivity contribution in [2.75, 3.05) is 21.9 Å². The number of anilines is 2. The minimum Gasteiger partial charge on any atom is -0.476 e. The molecule has 0 fully saturated rings. The van der Waals surface area contributed by atoms with Gasteiger partial charge in [-0.05, 0) is 42.2 Å². The summed E-state index contributed by atoms with van der Waals surface area (Å²) in [7, 11) is -3.86. The van der Waals surface area contributed by atoms with Crippen molar-refractivity contribution < 1.29 is 17.9 Å². The summed E-state index contributed by atoms with van der Waals surface area (Å²) in [5, 5.41) is 2.90. The second-order valence-corrected chi connectivity index (χ2v) is 10.0. The van der Waals surface area contributed by atoms with Gasteiger partial charge in [0.2, 0.25) is 0 Å². The Balaban J connectivity index is 1.65. The maximum Gasteiger partial charge on any atom is 0.267 e. The lowest BCUT2D eigenvalue weighted by Gasteiger charge is -2.34. The molecule has 1 atom stereocenters. The van der Waals surface area contributed by atoms with E-state index in [0.717, 1.165) is 10.6 Å². The highest BCUT2D eigenvalue weighted by Crippen LogP contribution is 2.37. The van der Waals surface area contributed by atoms with Crippen molar-refractivity contribution in [3.05, 3.63) is 78.9 Å². The SMILES string of the molecule is CCSc1ccccc1NC(=O)[C@H]1CN(S(=O)(=O)c2ccccc2)c2ccccc2O1. The molecule has 0 saturated heterocycles. The van der Waals surface area contributed by atoms with Crippen LogP contribution in [0.4, 0.5) is 11.4 Å². The number of nitrogens with zero attached hydrogens (tertiary/aromatic N) is 1. The van der Waals surface area contributed by atoms with Crippen LogP contribution in [0.25, 0.3) is 0 Å². The highest BCUT2D eigenvalue weighted by molar-refractivity contribution is 7.99. The van der Waals surface area contributed by atoms with Crippen LogP contribution in [0.1, 0.15) is 6.92 Å². The molecule has 31 heavy (non-hydrogen) atoms. The van der Waals surface area contributed by atoms with E-state index in [9.17, 15) is 13.2 Å². The summed E-state index contributed by atoms with van der Waals surface area (Å²) in [4.78, 5) is 14.2. The van der Waals surface area contributed by atoms with E-state index in [0.29, 0.717) is 17.1 Å². The Morgan fingerprint density at radius 3 is 2.48 bits per heavy atom. The number of hydrogen-bond acceptors (Lipinski definition) is 5. The minimum absolute atomic E-state index is 0.122. The van der Waals surface area contributed by atoms with Crippen molar-refractivity contribution in [1.82, 2.24) is 0 Å². The zero-order valence-corrected chi connectivity index (χ0v) is 18.5. The van der Waals surface area contributed by atoms with Crippen LogP contribution in [0.15, 0.2) is 88.7 Å². The van der Waals surface area contributed by atoms with Gasteiger partial charge in [-0.2, -0.15) is 0 Å². The Labute approximate surface area is 186 Å². The molecule has 4 rings (SSSR count). The van der Waals surface area contributed by atoms with Crippen LogP contribution in [0, 0.1) is 0 Å². The number of sulfonamides is 1. The third kappa shape index (κ3) is 4.40. The second-order valence-electron chi connectivity index (χ2n) is 6.84. The number of para-hydroxylation sites is 3. The summed E-state index contributed by atoms with van der Waals surface area (Å²) < 4.78 is 33.9. The van der Waals surface area contributed by atoms with Gasteiger partial charge in [0.15, 0.2) is 6.10 Å². The number of benzene rings is 3. The highest BCUT2D eigenvalue weighted by Gasteiger charge is 2.37. The summed E-state index contributed by atoms with van der Waals surface area (Å²) in [6, 6.07) is 22.5. The molecule has 160 valence electrons. The lowest BCUT2D eigenvalue weighted by atomic mass is 10.2. The third-order valence-corrected chi connectivity index (χ3v) is 7.55. The molecule has 8 heteroatoms. The van der Waals surface area contributed by atoms with Crippen molar-refractivity contribution in [3.63, 3.8) is 0 Å². The second kappa shape index (κ2) is 9.03. The molecule has 3 aromatic rings. The molecule has 0 aliphatic carbocycles. The number of carbonyl (C=O) groups excluding carboxylic acids is 1. The van der Waals surface area contributed by atoms with Crippen LogP contribution in [0.3, 0.4) is 0 Å². The number of ether oxygens (including phenoxy) is 1. The van der Waals surface area contributed by atoms with Crippen LogP contribution in [-0.4, -0.2) is 32.7 Å². The van der Waals surface area contributed by atoms with E-state index < -0.39 is 22.0 Å². The zero-order valence-electron chi connectivity index (χ0n) is 16.9. The highest BCUT2D eigenvalue weighted by atomic mass is 32.2. The van der Waals surface area contributed by atoms with E-state index in [4.69, 9.17) is 4.74 Å². The molecule has 0 unspecified atom stereocenters. The lowest BCUT2D eigenvalue weighted by molar-refractivity contribution is -0.122. The Morgan fingerprint density at radius 1 is 1.03 bits per heavy atom. The molecule has 1 aliphatic rings. The number of hydrogen-bond donors (Lipinski definition) is 1. The van der Waals surface area contributed by atoms with Crippen LogP contribution in [0.2, 0.25) is 0 Å². The molecule has 0 bridgehead atoms. The quantitative estimate of drug-likeness (QED) is 0.559. The van der Waals surface area contributed by atoms with Gasteiger partial charge in [-0.1, -0.05) is 49.4 Å². The predicted molar refractivity (Wildman–Crippen MR) is 123 cm³/mol. The van der Waals surface area contributed by atoms with Crippen molar-refractivity contribution in [3.8, 4) is 5.75 Å². The number of amides is 1. The average Bonchev–Trinajstić information content (AvgIpc) is 2.80. The maximum atomic E-state index is 13.4. The van der Waals surface area contributed by atoms with Crippen molar-refractivity contribution >= 4 is 39.1 Å². The van der Waals surface area contributed by atoms with Gasteiger partial charge in [-0.25, -0.2) is 8.42 Å². The van der Waals surface area contributed by atoms with Crippen molar-refractivity contribution in [2.45, 2.75) is 22.8 Å². The third-order valence-electron chi connectivity index (χ3n) is 4.80. The average molecular weight is 455 g/mol. The Bertz CT molecular complexity index is 1180. The summed E-state index contributed by atoms with van der Waals surface area (Å²) in [5.74, 6) is 0.820. The Kier molecular flexibility index (Phi) is 6.20. The topological polar surface area (TPSA) is 75.7 Å². The Morgan fingerprint density at radius 2 is 1.71 bits per heavy atom. The summed E-state index contributed by atoms with van der Waals surface area (Å²) >= 11 is 1.62. The first kappa shape index (κ1) is 21.3. The largest absolute Gasteiger partial charge is 0.476 e. The fraction of sp³-hybridized carbons (Fsp3) is 0.174. The fourth-order valence-electron chi connectivity index (χ4n) is 3.35. The molecule has 0 aromatic heterocycles. The molecule has 1 N–H and O–H groups in total. The number of rotatable bonds is 6. The van der Waals surface area contributed by atoms with E-state index in [1.165, 1.54) is 4.31 Å². The summed E-state index contributed by atoms with van der Waals surface area (Å²) in [6.07, 6.45) is -0.993. The van der Waals surface area contributed by atoms with E-state index >= 15 is 0 Å². The number of carbonyl (C=O) groups is 1. The first-order valence-corrected chi connectivity index (χ1v) is 12.3. The van der Waals surface area contributed by atoms with Crippen LogP contribution in [-0.2, 0) is 14.8 Å². The molecule has 1 aliphatic heterocycles. The van der Waals surface area contributed by atoms with Crippen molar-refractivity contribution in [2.24, 2.45) is 0 Å². The molecule has 0 radical (unpaired) electrons. The predicted octanol–water partition coefficient (Wildman–Crippen LogP) is 4.39. The molecular formula is C23H22N2O4S2. The van der Waals surface area contributed by atoms with Gasteiger partial charge in [0.1, 0.15) is 5.75 Å². The standard InChI is InChI=1S/C23H22N2O4S2/c1-2-30-22-15-9-6-12-18(22)24-23(26)21-16-25(19-13-7-8-14-20(19)29-21)31(27,28)17-10-4-3-5-11-17/h3-15,21H,2,16H2,1H3,(H,24,26)/t21-/m1/s1. The molecule has 0 saturated carbocycles. The van der Waals surface area contributed by atoms with Gasteiger partial charge < -0.3 is 10.1 Å². The molecule has 6 nitrogen and oxygen atoms in total. The molecule has 1 heterocycles. The molecule has 3 aromatic carbocycles. The molecule has 1 amide bonds. The van der Waals surface area contributed by atoms with Crippen LogP contribution < -0.4 is 14.4 Å². The number of nitrogens with one attached hydrogen (secondary N) is 1. The van der Waals surface area contributed by atoms with E-state index in [1.807, 2.05) is 31.2 Å². The van der Waals surface area contributed by atoms with Gasteiger partial charge in [0.05, 0.1) is 22.8 Å². The van der Waals surface area contributed by atoms with Gasteiger partial charge in [0.25, 0.3) is 15.9 Å². The minimum atomic E-state index is -3.86. The first-order valence-electron chi connectivity index (χ1n) is 9.87. The van der Waals surface area contributed by atoms with Crippen LogP contribution in [0.5, 0.6) is 5.75 Å². The Hall–Kier alpha value is -2.97. The van der Waals surface area contributed by atoms with E-state index in [1.54, 1.807) is 66.4 Å². The smallest absolute Gasteiger partial charge is 0.267 e. The van der Waals surface area contributed by atoms with Crippen molar-refractivity contribution in [1.29, 1.82) is 0 Å². The van der Waals surface area contributed by atoms with Gasteiger partial charge in [-0.15, -0.1) is 11.8 Å². The number of thioether (sulfide) groups is 1. The van der Waals surface area contributed by atoms with Gasteiger partial charge in [-0.3, -0.25) is 9.10 Å². The van der Waals surface area contributed by atoms with E-state index in [2.05, 4.69) is 5.32 Å². The lowest BCUT2D eigenvalue weighted by Crippen LogP contribution is -2.48. The summed E-state index contributed by atoms with van der Waals surface area (Å²) in [6.45, 7) is 1.92. The maximum absolute atomic E-state index is 13.4. The van der Waals surface area contributed by atoms with Gasteiger partial charge in [0, 0.05) is 4.90 Å². The van der Waals surface area contributed by atoms with Gasteiger partial charge >= 0.3 is 0 Å². The monoisotopic (exact) mass is 454 g/mol. The zero-order chi connectivity index (χ0) is 21.8. The van der Waals surface area contributed by atoms with Crippen LogP contribution >= 0.6 is 11.8 Å². The fourth-order valence-corrected chi connectivity index (χ4v) is 5.61. The normalized spacial score (nSPS) is 15.6. The molecular weight excluding hydrogens is 432 g/mol. The molecule has 0 spiro atoms. The first-order chi connectivity index (χ1) is 15.0. The number of fused-ring (bicyclic) bond motifs is 1. The summed E-state index contributed by atoms with van der Waals surface area (Å²) in [5.41, 5.74) is 1.09. The van der Waals surface area contributed by atoms with E-state index in [-0.39, 0.29) is 11.4 Å².